The van der Waals surface area contributed by atoms with Crippen molar-refractivity contribution in [2.45, 2.75) is 167 Å². The maximum Gasteiger partial charge on any atom is -0.0160 e. The zero-order valence-electron chi connectivity index (χ0n) is 20.9. The minimum Gasteiger partial charge on any atom is -0.0805 e. The van der Waals surface area contributed by atoms with Gasteiger partial charge in [0.2, 0.25) is 0 Å². The van der Waals surface area contributed by atoms with Gasteiger partial charge >= 0.3 is 0 Å². The largest absolute Gasteiger partial charge is 0.0805 e. The Morgan fingerprint density at radius 2 is 0.800 bits per heavy atom. The molecule has 30 heavy (non-hydrogen) atoms. The molecule has 0 aromatic rings. The number of unbranched alkanes of at least 4 members (excludes halogenated alkanes) is 22. The summed E-state index contributed by atoms with van der Waals surface area (Å²) in [6.07, 6.45) is 43.3. The molecule has 176 valence electrons. The van der Waals surface area contributed by atoms with Gasteiger partial charge in [0, 0.05) is 0 Å². The second-order valence-electron chi connectivity index (χ2n) is 9.95. The molecular weight excluding hydrogens is 360 g/mol. The van der Waals surface area contributed by atoms with Gasteiger partial charge in [-0.05, 0) is 19.3 Å². The van der Waals surface area contributed by atoms with Crippen LogP contribution in [-0.4, -0.2) is 0 Å². The van der Waals surface area contributed by atoms with E-state index in [9.17, 15) is 0 Å². The molecule has 0 radical (unpaired) electrons. The summed E-state index contributed by atoms with van der Waals surface area (Å²) in [5, 5.41) is 0. The summed E-state index contributed by atoms with van der Waals surface area (Å²) in [6.45, 7) is 2.30. The van der Waals surface area contributed by atoms with E-state index in [-0.39, 0.29) is 0 Å². The van der Waals surface area contributed by atoms with Crippen molar-refractivity contribution >= 4 is 0 Å². The summed E-state index contributed by atoms with van der Waals surface area (Å²) in [5.41, 5.74) is 1.58. The van der Waals surface area contributed by atoms with Gasteiger partial charge in [0.15, 0.2) is 0 Å². The van der Waals surface area contributed by atoms with Crippen molar-refractivity contribution in [3.63, 3.8) is 0 Å². The van der Waals surface area contributed by atoms with Crippen LogP contribution in [-0.2, 0) is 0 Å². The summed E-state index contributed by atoms with van der Waals surface area (Å²) >= 11 is 0. The van der Waals surface area contributed by atoms with Gasteiger partial charge in [0.1, 0.15) is 0 Å². The van der Waals surface area contributed by atoms with Gasteiger partial charge < -0.3 is 0 Å². The lowest BCUT2D eigenvalue weighted by atomic mass is 10.0. The molecule has 0 N–H and O–H groups in total. The van der Waals surface area contributed by atoms with Crippen LogP contribution in [0.15, 0.2) is 23.8 Å². The molecule has 0 nitrogen and oxygen atoms in total. The third kappa shape index (κ3) is 19.4. The molecule has 0 amide bonds. The van der Waals surface area contributed by atoms with Crippen molar-refractivity contribution in [2.24, 2.45) is 0 Å². The average Bonchev–Trinajstić information content (AvgIpc) is 3.28. The molecule has 1 rings (SSSR count). The molecule has 0 atom stereocenters. The Balaban J connectivity index is 1.62. The average molecular weight is 417 g/mol. The lowest BCUT2D eigenvalue weighted by molar-refractivity contribution is 0.518. The summed E-state index contributed by atoms with van der Waals surface area (Å²) in [6, 6.07) is 0. The van der Waals surface area contributed by atoms with E-state index in [1.807, 2.05) is 0 Å². The van der Waals surface area contributed by atoms with Crippen LogP contribution in [0.2, 0.25) is 0 Å². The highest BCUT2D eigenvalue weighted by Crippen LogP contribution is 2.18. The van der Waals surface area contributed by atoms with E-state index in [0.717, 1.165) is 0 Å². The zero-order chi connectivity index (χ0) is 21.4. The SMILES string of the molecule is CCCCCCCCCCCCCCCCCCCCCCCCCC1=CCC=C1. The van der Waals surface area contributed by atoms with Gasteiger partial charge in [-0.1, -0.05) is 172 Å². The molecule has 0 saturated carbocycles. The Kier molecular flexibility index (Phi) is 21.2. The molecule has 0 unspecified atom stereocenters. The Morgan fingerprint density at radius 1 is 0.467 bits per heavy atom. The van der Waals surface area contributed by atoms with Gasteiger partial charge in [-0.25, -0.2) is 0 Å². The minimum atomic E-state index is 1.18. The molecule has 0 aromatic heterocycles. The minimum absolute atomic E-state index is 1.18. The summed E-state index contributed by atoms with van der Waals surface area (Å²) in [5.74, 6) is 0. The monoisotopic (exact) mass is 416 g/mol. The van der Waals surface area contributed by atoms with Crippen LogP contribution in [0.1, 0.15) is 167 Å². The van der Waals surface area contributed by atoms with Crippen LogP contribution < -0.4 is 0 Å². The fraction of sp³-hybridized carbons (Fsp3) is 0.867. The Bertz CT molecular complexity index is 389. The number of rotatable bonds is 24. The topological polar surface area (TPSA) is 0 Å². The second kappa shape index (κ2) is 23.1. The van der Waals surface area contributed by atoms with Crippen LogP contribution in [0.25, 0.3) is 0 Å². The molecule has 0 heteroatoms. The Morgan fingerprint density at radius 3 is 1.10 bits per heavy atom. The molecule has 0 fully saturated rings. The zero-order valence-corrected chi connectivity index (χ0v) is 20.9. The number of hydrogen-bond donors (Lipinski definition) is 0. The van der Waals surface area contributed by atoms with E-state index in [4.69, 9.17) is 0 Å². The normalized spacial score (nSPS) is 13.3. The Labute approximate surface area is 191 Å². The maximum absolute atomic E-state index is 2.39. The van der Waals surface area contributed by atoms with Gasteiger partial charge in [0.05, 0.1) is 0 Å². The van der Waals surface area contributed by atoms with Gasteiger partial charge in [0.25, 0.3) is 0 Å². The maximum atomic E-state index is 2.39. The third-order valence-corrected chi connectivity index (χ3v) is 6.92. The van der Waals surface area contributed by atoms with Crippen LogP contribution in [0.4, 0.5) is 0 Å². The smallest absolute Gasteiger partial charge is 0.0160 e. The fourth-order valence-electron chi connectivity index (χ4n) is 4.81. The van der Waals surface area contributed by atoms with Crippen molar-refractivity contribution in [3.05, 3.63) is 23.8 Å². The highest BCUT2D eigenvalue weighted by atomic mass is 14.0. The van der Waals surface area contributed by atoms with E-state index in [1.165, 1.54) is 161 Å². The predicted octanol–water partition coefficient (Wildman–Crippen LogP) is 11.3. The van der Waals surface area contributed by atoms with Gasteiger partial charge in [-0.15, -0.1) is 0 Å². The predicted molar refractivity (Wildman–Crippen MR) is 138 cm³/mol. The lowest BCUT2D eigenvalue weighted by Gasteiger charge is -2.04. The second-order valence-corrected chi connectivity index (χ2v) is 9.95. The first kappa shape index (κ1) is 27.5. The molecule has 0 aliphatic heterocycles. The van der Waals surface area contributed by atoms with E-state index in [1.54, 1.807) is 5.57 Å². The van der Waals surface area contributed by atoms with Gasteiger partial charge in [-0.3, -0.25) is 0 Å². The van der Waals surface area contributed by atoms with Gasteiger partial charge in [-0.2, -0.15) is 0 Å². The number of hydrogen-bond acceptors (Lipinski definition) is 0. The first-order valence-electron chi connectivity index (χ1n) is 14.3. The van der Waals surface area contributed by atoms with Crippen molar-refractivity contribution in [1.29, 1.82) is 0 Å². The first-order valence-corrected chi connectivity index (χ1v) is 14.3. The van der Waals surface area contributed by atoms with Crippen LogP contribution in [0, 0.1) is 0 Å². The van der Waals surface area contributed by atoms with Crippen LogP contribution >= 0.6 is 0 Å². The van der Waals surface area contributed by atoms with Crippen molar-refractivity contribution in [3.8, 4) is 0 Å². The standard InChI is InChI=1S/C30H56/c1-2-3-4-5-6-7-8-9-10-11-12-13-14-15-16-17-18-19-20-21-22-23-24-27-30-28-25-26-29-30/h25,28-29H,2-24,26-27H2,1H3. The third-order valence-electron chi connectivity index (χ3n) is 6.92. The molecular formula is C30H56. The summed E-state index contributed by atoms with van der Waals surface area (Å²) in [7, 11) is 0. The molecule has 0 aromatic carbocycles. The molecule has 0 heterocycles. The van der Waals surface area contributed by atoms with Crippen molar-refractivity contribution in [1.82, 2.24) is 0 Å². The fourth-order valence-corrected chi connectivity index (χ4v) is 4.81. The molecule has 0 bridgehead atoms. The molecule has 1 aliphatic carbocycles. The quantitative estimate of drug-likeness (QED) is 0.137. The van der Waals surface area contributed by atoms with Crippen LogP contribution in [0.3, 0.4) is 0 Å². The van der Waals surface area contributed by atoms with E-state index in [2.05, 4.69) is 25.2 Å². The highest BCUT2D eigenvalue weighted by Gasteiger charge is 1.98. The molecule has 0 spiro atoms. The van der Waals surface area contributed by atoms with Crippen molar-refractivity contribution in [2.75, 3.05) is 0 Å². The molecule has 0 saturated heterocycles. The van der Waals surface area contributed by atoms with E-state index >= 15 is 0 Å². The summed E-state index contributed by atoms with van der Waals surface area (Å²) in [4.78, 5) is 0. The lowest BCUT2D eigenvalue weighted by Crippen LogP contribution is -1.85. The van der Waals surface area contributed by atoms with Crippen molar-refractivity contribution < 1.29 is 0 Å². The summed E-state index contributed by atoms with van der Waals surface area (Å²) < 4.78 is 0. The van der Waals surface area contributed by atoms with Crippen LogP contribution in [0.5, 0.6) is 0 Å². The Hall–Kier alpha value is -0.520. The molecule has 1 aliphatic rings. The van der Waals surface area contributed by atoms with E-state index < -0.39 is 0 Å². The van der Waals surface area contributed by atoms with E-state index in [0.29, 0.717) is 0 Å². The number of allylic oxidation sites excluding steroid dienone is 4. The first-order chi connectivity index (χ1) is 14.9. The highest BCUT2D eigenvalue weighted by molar-refractivity contribution is 5.25.